The molecule has 1 aromatic carbocycles. The zero-order chi connectivity index (χ0) is 13.5. The van der Waals surface area contributed by atoms with E-state index in [-0.39, 0.29) is 0 Å². The average molecular weight is 248 g/mol. The Labute approximate surface area is 112 Å². The van der Waals surface area contributed by atoms with Gasteiger partial charge in [-0.25, -0.2) is 0 Å². The van der Waals surface area contributed by atoms with Crippen molar-refractivity contribution in [3.63, 3.8) is 0 Å². The fourth-order valence-corrected chi connectivity index (χ4v) is 2.32. The summed E-state index contributed by atoms with van der Waals surface area (Å²) in [5.74, 6) is 0. The highest BCUT2D eigenvalue weighted by atomic mass is 15.1. The predicted octanol–water partition coefficient (Wildman–Crippen LogP) is 3.84. The molecule has 0 saturated heterocycles. The minimum atomic E-state index is 0.532. The lowest BCUT2D eigenvalue weighted by Gasteiger charge is -2.27. The van der Waals surface area contributed by atoms with Crippen LogP contribution in [0.15, 0.2) is 18.2 Å². The van der Waals surface area contributed by atoms with Crippen molar-refractivity contribution in [1.82, 2.24) is 4.90 Å². The molecular weight excluding hydrogens is 220 g/mol. The lowest BCUT2D eigenvalue weighted by molar-refractivity contribution is 0.287. The quantitative estimate of drug-likeness (QED) is 0.789. The standard InChI is InChI=1S/C16H28N2/c1-6-15(12-18(7-2)8-3)17-16-13(4)10-9-11-14(16)5/h9-11,15,17H,6-8,12H2,1-5H3. The number of hydrogen-bond acceptors (Lipinski definition) is 2. The van der Waals surface area contributed by atoms with Crippen LogP contribution < -0.4 is 5.32 Å². The van der Waals surface area contributed by atoms with Gasteiger partial charge in [0.15, 0.2) is 0 Å². The molecule has 1 N–H and O–H groups in total. The second-order valence-corrected chi connectivity index (χ2v) is 5.00. The van der Waals surface area contributed by atoms with Gasteiger partial charge in [-0.05, 0) is 44.5 Å². The van der Waals surface area contributed by atoms with Gasteiger partial charge < -0.3 is 10.2 Å². The summed E-state index contributed by atoms with van der Waals surface area (Å²) in [5.41, 5.74) is 4.00. The molecule has 1 aromatic rings. The second-order valence-electron chi connectivity index (χ2n) is 5.00. The molecule has 2 nitrogen and oxygen atoms in total. The normalized spacial score (nSPS) is 12.8. The molecule has 0 aliphatic heterocycles. The Balaban J connectivity index is 2.73. The van der Waals surface area contributed by atoms with E-state index in [9.17, 15) is 0 Å². The minimum Gasteiger partial charge on any atom is -0.381 e. The number of likely N-dealkylation sites (N-methyl/N-ethyl adjacent to an activating group) is 1. The highest BCUT2D eigenvalue weighted by Gasteiger charge is 2.12. The first-order valence-corrected chi connectivity index (χ1v) is 7.17. The summed E-state index contributed by atoms with van der Waals surface area (Å²) in [5, 5.41) is 3.72. The van der Waals surface area contributed by atoms with Crippen LogP contribution in [0.25, 0.3) is 0 Å². The van der Waals surface area contributed by atoms with E-state index in [0.717, 1.165) is 26.1 Å². The summed E-state index contributed by atoms with van der Waals surface area (Å²) in [4.78, 5) is 2.48. The summed E-state index contributed by atoms with van der Waals surface area (Å²) in [7, 11) is 0. The van der Waals surface area contributed by atoms with E-state index >= 15 is 0 Å². The molecule has 102 valence electrons. The lowest BCUT2D eigenvalue weighted by atomic mass is 10.1. The number of nitrogens with one attached hydrogen (secondary N) is 1. The number of hydrogen-bond donors (Lipinski definition) is 1. The first-order valence-electron chi connectivity index (χ1n) is 7.17. The zero-order valence-corrected chi connectivity index (χ0v) is 12.6. The van der Waals surface area contributed by atoms with Crippen LogP contribution in [0.2, 0.25) is 0 Å². The van der Waals surface area contributed by atoms with Crippen molar-refractivity contribution in [3.05, 3.63) is 29.3 Å². The SMILES string of the molecule is CCC(CN(CC)CC)Nc1c(C)cccc1C. The number of benzene rings is 1. The maximum absolute atomic E-state index is 3.72. The van der Waals surface area contributed by atoms with Crippen molar-refractivity contribution < 1.29 is 0 Å². The Morgan fingerprint density at radius 3 is 2.06 bits per heavy atom. The number of anilines is 1. The highest BCUT2D eigenvalue weighted by Crippen LogP contribution is 2.21. The fourth-order valence-electron chi connectivity index (χ4n) is 2.32. The van der Waals surface area contributed by atoms with Crippen molar-refractivity contribution in [1.29, 1.82) is 0 Å². The minimum absolute atomic E-state index is 0.532. The molecule has 0 fully saturated rings. The molecule has 0 aromatic heterocycles. The number of para-hydroxylation sites is 1. The fraction of sp³-hybridized carbons (Fsp3) is 0.625. The van der Waals surface area contributed by atoms with Crippen LogP contribution in [0, 0.1) is 13.8 Å². The number of aryl methyl sites for hydroxylation is 2. The predicted molar refractivity (Wildman–Crippen MR) is 81.4 cm³/mol. The van der Waals surface area contributed by atoms with Crippen molar-refractivity contribution in [2.75, 3.05) is 25.0 Å². The molecule has 0 bridgehead atoms. The highest BCUT2D eigenvalue weighted by molar-refractivity contribution is 5.57. The van der Waals surface area contributed by atoms with Gasteiger partial charge in [-0.2, -0.15) is 0 Å². The number of nitrogens with zero attached hydrogens (tertiary/aromatic N) is 1. The Kier molecular flexibility index (Phi) is 6.20. The summed E-state index contributed by atoms with van der Waals surface area (Å²) < 4.78 is 0. The van der Waals surface area contributed by atoms with Gasteiger partial charge in [0.05, 0.1) is 0 Å². The van der Waals surface area contributed by atoms with Crippen molar-refractivity contribution in [2.24, 2.45) is 0 Å². The summed E-state index contributed by atoms with van der Waals surface area (Å²) in [6, 6.07) is 7.02. The van der Waals surface area contributed by atoms with E-state index in [2.05, 4.69) is 63.0 Å². The van der Waals surface area contributed by atoms with Crippen molar-refractivity contribution in [3.8, 4) is 0 Å². The third-order valence-corrected chi connectivity index (χ3v) is 3.70. The molecule has 0 spiro atoms. The zero-order valence-electron chi connectivity index (χ0n) is 12.6. The van der Waals surface area contributed by atoms with E-state index in [4.69, 9.17) is 0 Å². The average Bonchev–Trinajstić information content (AvgIpc) is 2.38. The maximum atomic E-state index is 3.72. The molecule has 1 rings (SSSR count). The Hall–Kier alpha value is -1.02. The molecule has 1 unspecified atom stereocenters. The maximum Gasteiger partial charge on any atom is 0.0402 e. The van der Waals surface area contributed by atoms with Gasteiger partial charge in [-0.1, -0.05) is 39.0 Å². The van der Waals surface area contributed by atoms with Crippen LogP contribution in [0.3, 0.4) is 0 Å². The van der Waals surface area contributed by atoms with Gasteiger partial charge in [-0.3, -0.25) is 0 Å². The molecule has 18 heavy (non-hydrogen) atoms. The Morgan fingerprint density at radius 1 is 1.06 bits per heavy atom. The summed E-state index contributed by atoms with van der Waals surface area (Å²) >= 11 is 0. The van der Waals surface area contributed by atoms with Crippen LogP contribution in [0.1, 0.15) is 38.3 Å². The van der Waals surface area contributed by atoms with E-state index < -0.39 is 0 Å². The van der Waals surface area contributed by atoms with Crippen LogP contribution in [-0.4, -0.2) is 30.6 Å². The van der Waals surface area contributed by atoms with Gasteiger partial charge in [0.1, 0.15) is 0 Å². The van der Waals surface area contributed by atoms with Gasteiger partial charge in [-0.15, -0.1) is 0 Å². The van der Waals surface area contributed by atoms with Crippen LogP contribution in [-0.2, 0) is 0 Å². The van der Waals surface area contributed by atoms with Crippen LogP contribution >= 0.6 is 0 Å². The van der Waals surface area contributed by atoms with Gasteiger partial charge in [0.25, 0.3) is 0 Å². The van der Waals surface area contributed by atoms with Crippen LogP contribution in [0.5, 0.6) is 0 Å². The Morgan fingerprint density at radius 2 is 1.61 bits per heavy atom. The van der Waals surface area contributed by atoms with Crippen molar-refractivity contribution >= 4 is 5.69 Å². The molecule has 0 heterocycles. The summed E-state index contributed by atoms with van der Waals surface area (Å²) in [6.45, 7) is 14.5. The molecule has 0 aliphatic carbocycles. The van der Waals surface area contributed by atoms with Crippen molar-refractivity contribution in [2.45, 2.75) is 47.1 Å². The first-order chi connectivity index (χ1) is 8.62. The Bertz CT molecular complexity index is 336. The van der Waals surface area contributed by atoms with E-state index in [1.165, 1.54) is 16.8 Å². The van der Waals surface area contributed by atoms with E-state index in [0.29, 0.717) is 6.04 Å². The van der Waals surface area contributed by atoms with E-state index in [1.54, 1.807) is 0 Å². The van der Waals surface area contributed by atoms with Gasteiger partial charge >= 0.3 is 0 Å². The molecule has 0 aliphatic rings. The summed E-state index contributed by atoms with van der Waals surface area (Å²) in [6.07, 6.45) is 1.16. The molecular formula is C16H28N2. The topological polar surface area (TPSA) is 15.3 Å². The smallest absolute Gasteiger partial charge is 0.0402 e. The number of rotatable bonds is 7. The van der Waals surface area contributed by atoms with Gasteiger partial charge in [0.2, 0.25) is 0 Å². The monoisotopic (exact) mass is 248 g/mol. The van der Waals surface area contributed by atoms with Crippen LogP contribution in [0.4, 0.5) is 5.69 Å². The second kappa shape index (κ2) is 7.42. The third kappa shape index (κ3) is 4.02. The molecule has 2 heteroatoms. The largest absolute Gasteiger partial charge is 0.381 e. The lowest BCUT2D eigenvalue weighted by Crippen LogP contribution is -2.36. The molecule has 0 radical (unpaired) electrons. The van der Waals surface area contributed by atoms with Gasteiger partial charge in [0, 0.05) is 18.3 Å². The molecule has 0 amide bonds. The first kappa shape index (κ1) is 15.0. The molecule has 1 atom stereocenters. The van der Waals surface area contributed by atoms with E-state index in [1.807, 2.05) is 0 Å². The molecule has 0 saturated carbocycles. The third-order valence-electron chi connectivity index (χ3n) is 3.70.